The van der Waals surface area contributed by atoms with E-state index >= 15 is 0 Å². The van der Waals surface area contributed by atoms with Gasteiger partial charge in [-0.1, -0.05) is 37.8 Å². The average molecular weight is 514 g/mol. The molecule has 1 fully saturated rings. The summed E-state index contributed by atoms with van der Waals surface area (Å²) in [4.78, 5) is 12.6. The van der Waals surface area contributed by atoms with Gasteiger partial charge in [0.1, 0.15) is 18.0 Å². The quantitative estimate of drug-likeness (QED) is 0.332. The van der Waals surface area contributed by atoms with Crippen LogP contribution in [0.3, 0.4) is 0 Å². The van der Waals surface area contributed by atoms with Gasteiger partial charge in [0.25, 0.3) is 0 Å². The fourth-order valence-electron chi connectivity index (χ4n) is 4.10. The molecule has 7 heteroatoms. The third kappa shape index (κ3) is 6.41. The van der Waals surface area contributed by atoms with Crippen LogP contribution in [0.2, 0.25) is 0 Å². The lowest BCUT2D eigenvalue weighted by molar-refractivity contribution is -0.118. The molecule has 0 bridgehead atoms. The lowest BCUT2D eigenvalue weighted by Gasteiger charge is -2.36. The highest BCUT2D eigenvalue weighted by Crippen LogP contribution is 2.28. The topological polar surface area (TPSA) is 90.8 Å². The summed E-state index contributed by atoms with van der Waals surface area (Å²) in [6.45, 7) is 0.106. The third-order valence-corrected chi connectivity index (χ3v) is 6.54. The van der Waals surface area contributed by atoms with Crippen molar-refractivity contribution in [2.75, 3.05) is 13.2 Å². The molecular weight excluding hydrogens is 483 g/mol. The molecule has 3 atom stereocenters. The number of aliphatic hydroxyl groups excluding tert-OH is 2. The number of rotatable bonds is 7. The molecule has 0 aliphatic heterocycles. The first-order valence-electron chi connectivity index (χ1n) is 10.5. The number of hydrogen-bond acceptors (Lipinski definition) is 5. The Morgan fingerprint density at radius 1 is 1.17 bits per heavy atom. The number of hydrogen-bond donors (Lipinski definition) is 4. The van der Waals surface area contributed by atoms with Crippen molar-refractivity contribution in [3.05, 3.63) is 39.5 Å². The van der Waals surface area contributed by atoms with Crippen LogP contribution in [0.25, 0.3) is 0 Å². The summed E-state index contributed by atoms with van der Waals surface area (Å²) < 4.78 is 7.08. The molecule has 2 aliphatic carbocycles. The summed E-state index contributed by atoms with van der Waals surface area (Å²) in [7, 11) is 0. The van der Waals surface area contributed by atoms with Crippen LogP contribution >= 0.6 is 22.6 Å². The Bertz CT molecular complexity index is 704. The van der Waals surface area contributed by atoms with E-state index in [9.17, 15) is 9.90 Å². The van der Waals surface area contributed by atoms with Crippen molar-refractivity contribution < 1.29 is 19.7 Å². The van der Waals surface area contributed by atoms with Crippen molar-refractivity contribution in [1.29, 1.82) is 0 Å². The molecule has 1 aromatic rings. The zero-order valence-electron chi connectivity index (χ0n) is 16.6. The molecule has 3 rings (SSSR count). The van der Waals surface area contributed by atoms with E-state index in [1.165, 1.54) is 25.7 Å². The molecule has 0 aromatic heterocycles. The smallest absolute Gasteiger partial charge is 0.247 e. The van der Waals surface area contributed by atoms with Gasteiger partial charge >= 0.3 is 0 Å². The van der Waals surface area contributed by atoms with Gasteiger partial charge in [0.2, 0.25) is 5.91 Å². The predicted octanol–water partition coefficient (Wildman–Crippen LogP) is 2.52. The van der Waals surface area contributed by atoms with Gasteiger partial charge in [0, 0.05) is 24.2 Å². The minimum absolute atomic E-state index is 0.104. The zero-order valence-corrected chi connectivity index (χ0v) is 18.8. The molecule has 29 heavy (non-hydrogen) atoms. The van der Waals surface area contributed by atoms with Gasteiger partial charge in [-0.15, -0.1) is 0 Å². The fraction of sp³-hybridized carbons (Fsp3) is 0.591. The van der Waals surface area contributed by atoms with Crippen LogP contribution in [-0.4, -0.2) is 53.6 Å². The fourth-order valence-corrected chi connectivity index (χ4v) is 4.61. The van der Waals surface area contributed by atoms with Gasteiger partial charge in [0.05, 0.1) is 10.2 Å². The van der Waals surface area contributed by atoms with E-state index in [0.29, 0.717) is 23.8 Å². The number of carbonyl (C=O) groups is 1. The first-order chi connectivity index (χ1) is 14.1. The number of para-hydroxylation sites is 1. The molecule has 160 valence electrons. The Morgan fingerprint density at radius 3 is 2.59 bits per heavy atom. The number of carbonyl (C=O) groups excluding carboxylic acids is 1. The molecular formula is C22H31IN2O4. The summed E-state index contributed by atoms with van der Waals surface area (Å²) in [5.74, 6) is 0.480. The number of amides is 1. The summed E-state index contributed by atoms with van der Waals surface area (Å²) >= 11 is 2.20. The van der Waals surface area contributed by atoms with Crippen LogP contribution in [0.15, 0.2) is 35.9 Å². The monoisotopic (exact) mass is 514 g/mol. The number of ether oxygens (including phenoxy) is 1. The SMILES string of the molecule is O=C(NCCO)C1=CC(Oc2ccccc2I)C(O)C(NC2CCCCCC2)C1. The van der Waals surface area contributed by atoms with Crippen molar-refractivity contribution in [1.82, 2.24) is 10.6 Å². The maximum absolute atomic E-state index is 12.6. The first kappa shape index (κ1) is 22.5. The van der Waals surface area contributed by atoms with E-state index in [1.807, 2.05) is 24.3 Å². The summed E-state index contributed by atoms with van der Waals surface area (Å²) in [5.41, 5.74) is 0.589. The molecule has 2 aliphatic rings. The van der Waals surface area contributed by atoms with Crippen molar-refractivity contribution in [3.63, 3.8) is 0 Å². The lowest BCUT2D eigenvalue weighted by Crippen LogP contribution is -2.54. The highest BCUT2D eigenvalue weighted by Gasteiger charge is 2.36. The molecule has 0 spiro atoms. The lowest BCUT2D eigenvalue weighted by atomic mass is 9.88. The minimum atomic E-state index is -0.747. The Hall–Kier alpha value is -1.16. The normalized spacial score (nSPS) is 25.8. The van der Waals surface area contributed by atoms with Crippen LogP contribution in [0.4, 0.5) is 0 Å². The summed E-state index contributed by atoms with van der Waals surface area (Å²) in [6.07, 6.45) is 7.93. The Morgan fingerprint density at radius 2 is 1.90 bits per heavy atom. The Labute approximate surface area is 186 Å². The number of halogens is 1. The third-order valence-electron chi connectivity index (χ3n) is 5.65. The molecule has 0 radical (unpaired) electrons. The summed E-state index contributed by atoms with van der Waals surface area (Å²) in [6, 6.07) is 7.76. The maximum Gasteiger partial charge on any atom is 0.247 e. The largest absolute Gasteiger partial charge is 0.482 e. The Kier molecular flexibility index (Phi) is 8.77. The number of benzene rings is 1. The van der Waals surface area contributed by atoms with Crippen molar-refractivity contribution in [3.8, 4) is 5.75 Å². The minimum Gasteiger partial charge on any atom is -0.482 e. The van der Waals surface area contributed by atoms with Crippen LogP contribution in [0.1, 0.15) is 44.9 Å². The molecule has 6 nitrogen and oxygen atoms in total. The van der Waals surface area contributed by atoms with Crippen LogP contribution in [0.5, 0.6) is 5.75 Å². The van der Waals surface area contributed by atoms with Gasteiger partial charge in [-0.25, -0.2) is 0 Å². The highest BCUT2D eigenvalue weighted by molar-refractivity contribution is 14.1. The molecule has 1 saturated carbocycles. The molecule has 0 saturated heterocycles. The number of aliphatic hydroxyl groups is 2. The van der Waals surface area contributed by atoms with Crippen molar-refractivity contribution in [2.45, 2.75) is 69.2 Å². The zero-order chi connectivity index (χ0) is 20.6. The second-order valence-electron chi connectivity index (χ2n) is 7.84. The van der Waals surface area contributed by atoms with E-state index in [4.69, 9.17) is 9.84 Å². The molecule has 4 N–H and O–H groups in total. The van der Waals surface area contributed by atoms with E-state index in [1.54, 1.807) is 6.08 Å². The summed E-state index contributed by atoms with van der Waals surface area (Å²) in [5, 5.41) is 26.4. The second kappa shape index (κ2) is 11.3. The van der Waals surface area contributed by atoms with E-state index in [0.717, 1.165) is 16.4 Å². The van der Waals surface area contributed by atoms with Gasteiger partial charge in [0.15, 0.2) is 0 Å². The van der Waals surface area contributed by atoms with Gasteiger partial charge in [-0.2, -0.15) is 0 Å². The average Bonchev–Trinajstić information content (AvgIpc) is 2.99. The van der Waals surface area contributed by atoms with Gasteiger partial charge < -0.3 is 25.6 Å². The Balaban J connectivity index is 1.77. The molecule has 1 aromatic carbocycles. The standard InChI is InChI=1S/C22H31IN2O4/c23-17-9-5-6-10-19(17)29-20-14-15(22(28)24-11-12-26)13-18(21(20)27)25-16-7-3-1-2-4-8-16/h5-6,9-10,14,16,18,20-21,25-27H,1-4,7-8,11-13H2,(H,24,28). The van der Waals surface area contributed by atoms with Gasteiger partial charge in [-0.3, -0.25) is 4.79 Å². The van der Waals surface area contributed by atoms with Crippen molar-refractivity contribution in [2.24, 2.45) is 0 Å². The predicted molar refractivity (Wildman–Crippen MR) is 121 cm³/mol. The van der Waals surface area contributed by atoms with Crippen LogP contribution < -0.4 is 15.4 Å². The van der Waals surface area contributed by atoms with E-state index in [2.05, 4.69) is 33.2 Å². The first-order valence-corrected chi connectivity index (χ1v) is 11.6. The second-order valence-corrected chi connectivity index (χ2v) is 9.00. The molecule has 1 amide bonds. The van der Waals surface area contributed by atoms with Crippen LogP contribution in [-0.2, 0) is 4.79 Å². The van der Waals surface area contributed by atoms with E-state index < -0.39 is 12.2 Å². The van der Waals surface area contributed by atoms with Crippen molar-refractivity contribution >= 4 is 28.5 Å². The molecule has 0 heterocycles. The van der Waals surface area contributed by atoms with E-state index in [-0.39, 0.29) is 25.1 Å². The molecule has 3 unspecified atom stereocenters. The maximum atomic E-state index is 12.6. The van der Waals surface area contributed by atoms with Gasteiger partial charge in [-0.05, 0) is 60.1 Å². The van der Waals surface area contributed by atoms with Crippen LogP contribution in [0, 0.1) is 3.57 Å². The number of nitrogens with one attached hydrogen (secondary N) is 2. The highest BCUT2D eigenvalue weighted by atomic mass is 127.